The molecule has 32 heavy (non-hydrogen) atoms. The molecule has 9 nitrogen and oxygen atoms in total. The summed E-state index contributed by atoms with van der Waals surface area (Å²) < 4.78 is 1.50. The van der Waals surface area contributed by atoms with Crippen LogP contribution in [0.25, 0.3) is 0 Å². The lowest BCUT2D eigenvalue weighted by Crippen LogP contribution is -2.41. The normalized spacial score (nSPS) is 15.4. The summed E-state index contributed by atoms with van der Waals surface area (Å²) in [7, 11) is 0. The molecule has 0 spiro atoms. The van der Waals surface area contributed by atoms with Gasteiger partial charge in [-0.2, -0.15) is 11.8 Å². The fourth-order valence-corrected chi connectivity index (χ4v) is 3.97. The van der Waals surface area contributed by atoms with Crippen LogP contribution in [-0.2, 0) is 16.1 Å². The number of nitrogens with zero attached hydrogens (tertiary/aromatic N) is 1. The van der Waals surface area contributed by atoms with E-state index in [1.54, 1.807) is 30.8 Å². The Morgan fingerprint density at radius 1 is 1.22 bits per heavy atom. The Morgan fingerprint density at radius 3 is 2.72 bits per heavy atom. The predicted octanol–water partition coefficient (Wildman–Crippen LogP) is 2.08. The molecule has 1 aliphatic rings. The molecule has 1 unspecified atom stereocenters. The molecule has 0 bridgehead atoms. The summed E-state index contributed by atoms with van der Waals surface area (Å²) in [5.41, 5.74) is 1.43. The quantitative estimate of drug-likeness (QED) is 0.479. The first kappa shape index (κ1) is 23.4. The van der Waals surface area contributed by atoms with E-state index in [9.17, 15) is 24.3 Å². The van der Waals surface area contributed by atoms with Crippen LogP contribution < -0.4 is 21.5 Å². The maximum absolute atomic E-state index is 12.6. The van der Waals surface area contributed by atoms with E-state index < -0.39 is 6.04 Å². The number of pyridine rings is 1. The van der Waals surface area contributed by atoms with Gasteiger partial charge in [0.25, 0.3) is 11.5 Å². The number of aromatic nitrogens is 1. The zero-order valence-corrected chi connectivity index (χ0v) is 18.8. The van der Waals surface area contributed by atoms with E-state index in [2.05, 4.69) is 16.0 Å². The average molecular weight is 459 g/mol. The molecule has 1 atom stereocenters. The van der Waals surface area contributed by atoms with Gasteiger partial charge in [0.2, 0.25) is 11.8 Å². The molecule has 10 heteroatoms. The lowest BCUT2D eigenvalue weighted by Gasteiger charge is -2.13. The molecule has 0 fully saturated rings. The van der Waals surface area contributed by atoms with Gasteiger partial charge in [0.15, 0.2) is 0 Å². The molecule has 0 radical (unpaired) electrons. The van der Waals surface area contributed by atoms with E-state index in [0.717, 1.165) is 11.8 Å². The number of rotatable bonds is 8. The molecule has 2 heterocycles. The zero-order chi connectivity index (χ0) is 23.3. The first-order valence-corrected chi connectivity index (χ1v) is 11.6. The van der Waals surface area contributed by atoms with Crippen molar-refractivity contribution in [3.8, 4) is 5.75 Å². The predicted molar refractivity (Wildman–Crippen MR) is 124 cm³/mol. The number of anilines is 2. The van der Waals surface area contributed by atoms with Crippen LogP contribution in [0.5, 0.6) is 5.75 Å². The van der Waals surface area contributed by atoms with Crippen LogP contribution in [-0.4, -0.2) is 45.4 Å². The van der Waals surface area contributed by atoms with E-state index in [-0.39, 0.29) is 41.0 Å². The maximum Gasteiger partial charge on any atom is 0.254 e. The lowest BCUT2D eigenvalue weighted by atomic mass is 10.1. The van der Waals surface area contributed by atoms with Gasteiger partial charge in [-0.3, -0.25) is 19.2 Å². The highest BCUT2D eigenvalue weighted by Gasteiger charge is 2.27. The Hall–Kier alpha value is -3.27. The molecule has 0 aliphatic carbocycles. The summed E-state index contributed by atoms with van der Waals surface area (Å²) in [5, 5.41) is 17.7. The number of hydrogen-bond donors (Lipinski definition) is 4. The molecule has 0 saturated carbocycles. The van der Waals surface area contributed by atoms with E-state index in [4.69, 9.17) is 0 Å². The van der Waals surface area contributed by atoms with E-state index in [1.165, 1.54) is 16.7 Å². The number of benzene rings is 1. The van der Waals surface area contributed by atoms with Crippen molar-refractivity contribution in [2.75, 3.05) is 22.6 Å². The highest BCUT2D eigenvalue weighted by Crippen LogP contribution is 2.24. The van der Waals surface area contributed by atoms with Crippen molar-refractivity contribution < 1.29 is 19.5 Å². The lowest BCUT2D eigenvalue weighted by molar-refractivity contribution is -0.118. The van der Waals surface area contributed by atoms with Gasteiger partial charge in [-0.05, 0) is 56.0 Å². The van der Waals surface area contributed by atoms with Crippen molar-refractivity contribution in [1.82, 2.24) is 9.88 Å². The Labute approximate surface area is 189 Å². The van der Waals surface area contributed by atoms with Gasteiger partial charge in [-0.1, -0.05) is 0 Å². The molecule has 1 aromatic carbocycles. The highest BCUT2D eigenvalue weighted by molar-refractivity contribution is 7.98. The first-order chi connectivity index (χ1) is 15.3. The molecule has 170 valence electrons. The summed E-state index contributed by atoms with van der Waals surface area (Å²) in [6.45, 7) is 2.06. The molecule has 4 N–H and O–H groups in total. The van der Waals surface area contributed by atoms with Crippen LogP contribution in [0, 0.1) is 6.92 Å². The number of aromatic hydroxyl groups is 1. The fourth-order valence-electron chi connectivity index (χ4n) is 3.50. The Morgan fingerprint density at radius 2 is 2.00 bits per heavy atom. The molecule has 3 rings (SSSR count). The van der Waals surface area contributed by atoms with Gasteiger partial charge >= 0.3 is 0 Å². The summed E-state index contributed by atoms with van der Waals surface area (Å²) in [4.78, 5) is 49.3. The number of nitrogens with one attached hydrogen (secondary N) is 3. The Balaban J connectivity index is 1.61. The van der Waals surface area contributed by atoms with Gasteiger partial charge in [-0.25, -0.2) is 0 Å². The molecular weight excluding hydrogens is 432 g/mol. The van der Waals surface area contributed by atoms with Crippen molar-refractivity contribution in [2.24, 2.45) is 0 Å². The van der Waals surface area contributed by atoms with Gasteiger partial charge in [-0.15, -0.1) is 0 Å². The monoisotopic (exact) mass is 458 g/mol. The number of thioether (sulfide) groups is 1. The second-order valence-electron chi connectivity index (χ2n) is 7.55. The summed E-state index contributed by atoms with van der Waals surface area (Å²) in [6.07, 6.45) is 3.06. The van der Waals surface area contributed by atoms with Gasteiger partial charge < -0.3 is 25.6 Å². The van der Waals surface area contributed by atoms with Gasteiger partial charge in [0, 0.05) is 30.4 Å². The number of amides is 3. The average Bonchev–Trinajstić information content (AvgIpc) is 2.84. The smallest absolute Gasteiger partial charge is 0.254 e. The summed E-state index contributed by atoms with van der Waals surface area (Å²) in [5.74, 6) is -0.234. The zero-order valence-electron chi connectivity index (χ0n) is 17.9. The third-order valence-corrected chi connectivity index (χ3v) is 5.79. The molecule has 1 aliphatic heterocycles. The Bertz CT molecular complexity index is 1100. The van der Waals surface area contributed by atoms with Crippen molar-refractivity contribution in [3.63, 3.8) is 0 Å². The van der Waals surface area contributed by atoms with Crippen molar-refractivity contribution >= 4 is 40.9 Å². The maximum atomic E-state index is 12.6. The van der Waals surface area contributed by atoms with Crippen molar-refractivity contribution in [3.05, 3.63) is 51.9 Å². The third-order valence-electron chi connectivity index (χ3n) is 5.14. The fraction of sp³-hybridized carbons (Fsp3) is 0.364. The minimum Gasteiger partial charge on any atom is -0.508 e. The van der Waals surface area contributed by atoms with Crippen LogP contribution >= 0.6 is 11.8 Å². The van der Waals surface area contributed by atoms with Crippen LogP contribution in [0.2, 0.25) is 0 Å². The number of carbonyl (C=O) groups excluding carboxylic acids is 3. The highest BCUT2D eigenvalue weighted by atomic mass is 32.2. The van der Waals surface area contributed by atoms with E-state index in [0.29, 0.717) is 36.5 Å². The molecule has 0 saturated heterocycles. The van der Waals surface area contributed by atoms with E-state index in [1.807, 2.05) is 6.26 Å². The SMILES string of the molecule is CSCCC1NC(=O)c2cc(NC(=O)CCCn3c(C)cc(O)cc3=O)ccc2NC1=O. The minimum atomic E-state index is -0.604. The van der Waals surface area contributed by atoms with Crippen LogP contribution in [0.3, 0.4) is 0 Å². The summed E-state index contributed by atoms with van der Waals surface area (Å²) in [6, 6.07) is 6.78. The topological polar surface area (TPSA) is 130 Å². The van der Waals surface area contributed by atoms with Crippen LogP contribution in [0.1, 0.15) is 35.3 Å². The van der Waals surface area contributed by atoms with Gasteiger partial charge in [0.05, 0.1) is 11.3 Å². The molecular formula is C22H26N4O5S. The van der Waals surface area contributed by atoms with Crippen molar-refractivity contribution in [2.45, 2.75) is 38.8 Å². The first-order valence-electron chi connectivity index (χ1n) is 10.2. The second-order valence-corrected chi connectivity index (χ2v) is 8.54. The van der Waals surface area contributed by atoms with Crippen LogP contribution in [0.15, 0.2) is 35.1 Å². The minimum absolute atomic E-state index is 0.0829. The van der Waals surface area contributed by atoms with Crippen LogP contribution in [0.4, 0.5) is 11.4 Å². The number of carbonyl (C=O) groups is 3. The standard InChI is InChI=1S/C22H26N4O5S/c1-13-10-15(27)12-20(29)26(13)8-3-4-19(28)23-14-5-6-17-16(11-14)21(30)25-18(7-9-32-2)22(31)24-17/h5-6,10-12,18,27H,3-4,7-9H2,1-2H3,(H,23,28)(H,24,31)(H,25,30). The third kappa shape index (κ3) is 5.70. The molecule has 3 amide bonds. The van der Waals surface area contributed by atoms with Gasteiger partial charge in [0.1, 0.15) is 11.8 Å². The second kappa shape index (κ2) is 10.4. The van der Waals surface area contributed by atoms with E-state index >= 15 is 0 Å². The van der Waals surface area contributed by atoms with Crippen molar-refractivity contribution in [1.29, 1.82) is 0 Å². The molecule has 1 aromatic heterocycles. The molecule has 2 aromatic rings. The summed E-state index contributed by atoms with van der Waals surface area (Å²) >= 11 is 1.60. The number of aryl methyl sites for hydroxylation is 1. The number of fused-ring (bicyclic) bond motifs is 1. The number of hydrogen-bond acceptors (Lipinski definition) is 6. The largest absolute Gasteiger partial charge is 0.508 e. The Kier molecular flexibility index (Phi) is 7.57.